The average Bonchev–Trinajstić information content (AvgIpc) is 2.90. The van der Waals surface area contributed by atoms with Gasteiger partial charge in [-0.25, -0.2) is 9.48 Å². The van der Waals surface area contributed by atoms with Gasteiger partial charge in [-0.15, -0.1) is 5.10 Å². The lowest BCUT2D eigenvalue weighted by Gasteiger charge is -2.05. The van der Waals surface area contributed by atoms with Crippen molar-refractivity contribution in [2.45, 2.75) is 19.9 Å². The molecule has 0 atom stereocenters. The van der Waals surface area contributed by atoms with Gasteiger partial charge >= 0.3 is 5.97 Å². The van der Waals surface area contributed by atoms with E-state index in [4.69, 9.17) is 5.11 Å². The molecule has 7 heteroatoms. The number of benzene rings is 1. The second-order valence-corrected chi connectivity index (χ2v) is 4.68. The fourth-order valence-electron chi connectivity index (χ4n) is 1.77. The van der Waals surface area contributed by atoms with Crippen molar-refractivity contribution in [3.05, 3.63) is 47.3 Å². The minimum atomic E-state index is -1.12. The summed E-state index contributed by atoms with van der Waals surface area (Å²) in [5.74, 6) is -1.21. The van der Waals surface area contributed by atoms with E-state index in [2.05, 4.69) is 15.6 Å². The van der Waals surface area contributed by atoms with E-state index in [1.807, 2.05) is 31.2 Å². The molecule has 1 aromatic carbocycles. The summed E-state index contributed by atoms with van der Waals surface area (Å²) in [4.78, 5) is 22.4. The van der Waals surface area contributed by atoms with Gasteiger partial charge in [-0.3, -0.25) is 4.79 Å². The third kappa shape index (κ3) is 4.41. The third-order valence-corrected chi connectivity index (χ3v) is 2.91. The van der Waals surface area contributed by atoms with Gasteiger partial charge in [0.1, 0.15) is 0 Å². The van der Waals surface area contributed by atoms with E-state index in [1.54, 1.807) is 0 Å². The first-order valence-electron chi connectivity index (χ1n) is 6.50. The SMILES string of the molecule is Cc1ccc(CC(=O)NCCn2cc(C(=O)O)nn2)cc1. The van der Waals surface area contributed by atoms with Crippen LogP contribution >= 0.6 is 0 Å². The Morgan fingerprint density at radius 1 is 1.29 bits per heavy atom. The Bertz CT molecular complexity index is 634. The molecule has 1 heterocycles. The number of hydrogen-bond acceptors (Lipinski definition) is 4. The zero-order chi connectivity index (χ0) is 15.2. The Kier molecular flexibility index (Phi) is 4.65. The minimum Gasteiger partial charge on any atom is -0.476 e. The number of hydrogen-bond donors (Lipinski definition) is 2. The van der Waals surface area contributed by atoms with E-state index in [0.29, 0.717) is 19.5 Å². The molecule has 0 aliphatic heterocycles. The second kappa shape index (κ2) is 6.65. The average molecular weight is 288 g/mol. The predicted molar refractivity (Wildman–Crippen MR) is 74.9 cm³/mol. The summed E-state index contributed by atoms with van der Waals surface area (Å²) in [5, 5.41) is 18.6. The number of rotatable bonds is 6. The van der Waals surface area contributed by atoms with Gasteiger partial charge in [-0.2, -0.15) is 0 Å². The maximum atomic E-state index is 11.8. The van der Waals surface area contributed by atoms with Gasteiger partial charge in [-0.05, 0) is 12.5 Å². The highest BCUT2D eigenvalue weighted by Crippen LogP contribution is 2.03. The quantitative estimate of drug-likeness (QED) is 0.813. The topological polar surface area (TPSA) is 97.1 Å². The fourth-order valence-corrected chi connectivity index (χ4v) is 1.77. The monoisotopic (exact) mass is 288 g/mol. The summed E-state index contributed by atoms with van der Waals surface area (Å²) in [7, 11) is 0. The van der Waals surface area contributed by atoms with Gasteiger partial charge in [0.25, 0.3) is 0 Å². The van der Waals surface area contributed by atoms with Crippen molar-refractivity contribution in [2.75, 3.05) is 6.54 Å². The summed E-state index contributed by atoms with van der Waals surface area (Å²) in [6.45, 7) is 2.74. The number of amides is 1. The van der Waals surface area contributed by atoms with Crippen LogP contribution in [-0.2, 0) is 17.8 Å². The van der Waals surface area contributed by atoms with Crippen molar-refractivity contribution in [3.63, 3.8) is 0 Å². The highest BCUT2D eigenvalue weighted by atomic mass is 16.4. The van der Waals surface area contributed by atoms with Gasteiger partial charge in [0.2, 0.25) is 5.91 Å². The summed E-state index contributed by atoms with van der Waals surface area (Å²) in [6.07, 6.45) is 1.65. The van der Waals surface area contributed by atoms with Crippen LogP contribution < -0.4 is 5.32 Å². The molecule has 0 saturated heterocycles. The van der Waals surface area contributed by atoms with E-state index in [0.717, 1.165) is 11.1 Å². The zero-order valence-corrected chi connectivity index (χ0v) is 11.6. The summed E-state index contributed by atoms with van der Waals surface area (Å²) >= 11 is 0. The Hall–Kier alpha value is -2.70. The van der Waals surface area contributed by atoms with Crippen LogP contribution in [0.5, 0.6) is 0 Å². The molecule has 0 unspecified atom stereocenters. The molecule has 2 rings (SSSR count). The predicted octanol–water partition coefficient (Wildman–Crippen LogP) is 0.644. The van der Waals surface area contributed by atoms with E-state index in [-0.39, 0.29) is 11.6 Å². The number of carbonyl (C=O) groups is 2. The molecule has 0 saturated carbocycles. The van der Waals surface area contributed by atoms with Gasteiger partial charge in [0.05, 0.1) is 19.2 Å². The third-order valence-electron chi connectivity index (χ3n) is 2.91. The lowest BCUT2D eigenvalue weighted by molar-refractivity contribution is -0.120. The smallest absolute Gasteiger partial charge is 0.358 e. The molecule has 0 fully saturated rings. The van der Waals surface area contributed by atoms with E-state index in [1.165, 1.54) is 10.9 Å². The number of nitrogens with one attached hydrogen (secondary N) is 1. The van der Waals surface area contributed by atoms with Crippen molar-refractivity contribution in [1.29, 1.82) is 0 Å². The molecule has 0 spiro atoms. The van der Waals surface area contributed by atoms with E-state index < -0.39 is 5.97 Å². The summed E-state index contributed by atoms with van der Waals surface area (Å²) in [6, 6.07) is 7.77. The Morgan fingerprint density at radius 3 is 2.62 bits per heavy atom. The molecule has 7 nitrogen and oxygen atoms in total. The Labute approximate surface area is 121 Å². The second-order valence-electron chi connectivity index (χ2n) is 4.68. The molecule has 2 N–H and O–H groups in total. The molecule has 0 bridgehead atoms. The number of aromatic nitrogens is 3. The van der Waals surface area contributed by atoms with Gasteiger partial charge < -0.3 is 10.4 Å². The maximum absolute atomic E-state index is 11.8. The zero-order valence-electron chi connectivity index (χ0n) is 11.6. The summed E-state index contributed by atoms with van der Waals surface area (Å²) < 4.78 is 1.38. The van der Waals surface area contributed by atoms with Crippen molar-refractivity contribution in [3.8, 4) is 0 Å². The van der Waals surface area contributed by atoms with Crippen LogP contribution in [0.1, 0.15) is 21.6 Å². The fraction of sp³-hybridized carbons (Fsp3) is 0.286. The number of aromatic carboxylic acids is 1. The molecule has 0 aliphatic carbocycles. The molecule has 1 amide bonds. The molecule has 0 radical (unpaired) electrons. The first kappa shape index (κ1) is 14.7. The van der Waals surface area contributed by atoms with Gasteiger partial charge in [0, 0.05) is 6.54 Å². The lowest BCUT2D eigenvalue weighted by Crippen LogP contribution is -2.28. The first-order valence-corrected chi connectivity index (χ1v) is 6.50. The minimum absolute atomic E-state index is 0.0857. The van der Waals surface area contributed by atoms with Crippen LogP contribution in [0.3, 0.4) is 0 Å². The highest BCUT2D eigenvalue weighted by molar-refractivity contribution is 5.84. The molecule has 21 heavy (non-hydrogen) atoms. The Morgan fingerprint density at radius 2 is 2.00 bits per heavy atom. The van der Waals surface area contributed by atoms with Gasteiger partial charge in [0.15, 0.2) is 5.69 Å². The van der Waals surface area contributed by atoms with Crippen molar-refractivity contribution in [2.24, 2.45) is 0 Å². The van der Waals surface area contributed by atoms with Crippen LogP contribution in [0.15, 0.2) is 30.5 Å². The van der Waals surface area contributed by atoms with E-state index >= 15 is 0 Å². The van der Waals surface area contributed by atoms with Crippen LogP contribution in [0.4, 0.5) is 0 Å². The maximum Gasteiger partial charge on any atom is 0.358 e. The number of aryl methyl sites for hydroxylation is 1. The lowest BCUT2D eigenvalue weighted by atomic mass is 10.1. The molecule has 0 aliphatic rings. The molecule has 2 aromatic rings. The van der Waals surface area contributed by atoms with Crippen LogP contribution in [0, 0.1) is 6.92 Å². The molecular formula is C14H16N4O3. The first-order chi connectivity index (χ1) is 10.0. The van der Waals surface area contributed by atoms with Crippen molar-refractivity contribution >= 4 is 11.9 Å². The Balaban J connectivity index is 1.76. The number of nitrogens with zero attached hydrogens (tertiary/aromatic N) is 3. The number of carboxylic acid groups (broad SMARTS) is 1. The highest BCUT2D eigenvalue weighted by Gasteiger charge is 2.08. The largest absolute Gasteiger partial charge is 0.476 e. The van der Waals surface area contributed by atoms with E-state index in [9.17, 15) is 9.59 Å². The van der Waals surface area contributed by atoms with Crippen LogP contribution in [0.25, 0.3) is 0 Å². The molecular weight excluding hydrogens is 272 g/mol. The number of carbonyl (C=O) groups excluding carboxylic acids is 1. The summed E-state index contributed by atoms with van der Waals surface area (Å²) in [5.41, 5.74) is 1.99. The van der Waals surface area contributed by atoms with Crippen LogP contribution in [0.2, 0.25) is 0 Å². The van der Waals surface area contributed by atoms with Crippen molar-refractivity contribution in [1.82, 2.24) is 20.3 Å². The normalized spacial score (nSPS) is 10.3. The van der Waals surface area contributed by atoms with Gasteiger partial charge in [-0.1, -0.05) is 35.0 Å². The molecule has 1 aromatic heterocycles. The molecule has 110 valence electrons. The number of carboxylic acids is 1. The van der Waals surface area contributed by atoms with Crippen LogP contribution in [-0.4, -0.2) is 38.5 Å². The van der Waals surface area contributed by atoms with Crippen molar-refractivity contribution < 1.29 is 14.7 Å². The standard InChI is InChI=1S/C14H16N4O3/c1-10-2-4-11(5-3-10)8-13(19)15-6-7-18-9-12(14(20)21)16-17-18/h2-5,9H,6-8H2,1H3,(H,15,19)(H,20,21).